The number of hydrogen-bond acceptors (Lipinski definition) is 3. The molecule has 118 valence electrons. The second-order valence-corrected chi connectivity index (χ2v) is 6.87. The summed E-state index contributed by atoms with van der Waals surface area (Å²) < 4.78 is 6.30. The van der Waals surface area contributed by atoms with Crippen LogP contribution in [0.3, 0.4) is 0 Å². The van der Waals surface area contributed by atoms with Gasteiger partial charge in [-0.15, -0.1) is 0 Å². The number of nitrogens with one attached hydrogen (secondary N) is 1. The standard InChI is InChI=1S/C18H24N2O2/c21-18(10-19-15-8-9-15)20-11-16(13-4-2-1-3-5-13)22-17(12-20)14-6-7-14/h1-5,14-17,19H,6-12H2/t16-,17+/m0/s1. The molecule has 0 radical (unpaired) electrons. The second-order valence-electron chi connectivity index (χ2n) is 6.87. The van der Waals surface area contributed by atoms with E-state index in [9.17, 15) is 4.79 Å². The summed E-state index contributed by atoms with van der Waals surface area (Å²) in [5.41, 5.74) is 1.18. The Morgan fingerprint density at radius 1 is 1.14 bits per heavy atom. The van der Waals surface area contributed by atoms with Crippen LogP contribution in [-0.2, 0) is 9.53 Å². The van der Waals surface area contributed by atoms with Gasteiger partial charge in [0.15, 0.2) is 0 Å². The highest BCUT2D eigenvalue weighted by molar-refractivity contribution is 5.78. The Morgan fingerprint density at radius 3 is 2.59 bits per heavy atom. The van der Waals surface area contributed by atoms with Crippen LogP contribution in [-0.4, -0.2) is 42.6 Å². The highest BCUT2D eigenvalue weighted by atomic mass is 16.5. The van der Waals surface area contributed by atoms with Crippen molar-refractivity contribution in [3.05, 3.63) is 35.9 Å². The van der Waals surface area contributed by atoms with Gasteiger partial charge in [-0.05, 0) is 37.2 Å². The first-order valence-corrected chi connectivity index (χ1v) is 8.51. The van der Waals surface area contributed by atoms with Crippen molar-refractivity contribution in [1.82, 2.24) is 10.2 Å². The lowest BCUT2D eigenvalue weighted by Gasteiger charge is -2.38. The number of carbonyl (C=O) groups excluding carboxylic acids is 1. The fraction of sp³-hybridized carbons (Fsp3) is 0.611. The van der Waals surface area contributed by atoms with E-state index in [1.807, 2.05) is 23.1 Å². The number of carbonyl (C=O) groups is 1. The Labute approximate surface area is 131 Å². The van der Waals surface area contributed by atoms with Crippen LogP contribution in [0.15, 0.2) is 30.3 Å². The lowest BCUT2D eigenvalue weighted by Crippen LogP contribution is -2.50. The molecule has 2 atom stereocenters. The van der Waals surface area contributed by atoms with E-state index in [1.165, 1.54) is 31.2 Å². The van der Waals surface area contributed by atoms with Crippen LogP contribution in [0.25, 0.3) is 0 Å². The van der Waals surface area contributed by atoms with Gasteiger partial charge in [-0.25, -0.2) is 0 Å². The Morgan fingerprint density at radius 2 is 1.91 bits per heavy atom. The molecular formula is C18H24N2O2. The number of hydrogen-bond donors (Lipinski definition) is 1. The molecule has 1 amide bonds. The van der Waals surface area contributed by atoms with Crippen molar-refractivity contribution in [3.63, 3.8) is 0 Å². The Bertz CT molecular complexity index is 525. The molecule has 4 heteroatoms. The monoisotopic (exact) mass is 300 g/mol. The fourth-order valence-corrected chi connectivity index (χ4v) is 3.20. The van der Waals surface area contributed by atoms with Crippen LogP contribution >= 0.6 is 0 Å². The summed E-state index contributed by atoms with van der Waals surface area (Å²) in [6, 6.07) is 10.9. The maximum Gasteiger partial charge on any atom is 0.236 e. The summed E-state index contributed by atoms with van der Waals surface area (Å²) in [6.45, 7) is 1.92. The lowest BCUT2D eigenvalue weighted by molar-refractivity contribution is -0.147. The first-order valence-electron chi connectivity index (χ1n) is 8.51. The molecule has 1 saturated heterocycles. The Kier molecular flexibility index (Phi) is 3.89. The molecule has 1 aromatic rings. The predicted octanol–water partition coefficient (Wildman–Crippen LogP) is 2.12. The summed E-state index contributed by atoms with van der Waals surface area (Å²) in [5.74, 6) is 0.875. The molecule has 0 spiro atoms. The molecule has 1 N–H and O–H groups in total. The van der Waals surface area contributed by atoms with Gasteiger partial charge in [0, 0.05) is 12.6 Å². The zero-order valence-corrected chi connectivity index (χ0v) is 12.9. The molecule has 0 bridgehead atoms. The summed E-state index contributed by atoms with van der Waals surface area (Å²) in [5, 5.41) is 3.34. The van der Waals surface area contributed by atoms with E-state index >= 15 is 0 Å². The Balaban J connectivity index is 1.44. The summed E-state index contributed by atoms with van der Waals surface area (Å²) >= 11 is 0. The molecule has 4 nitrogen and oxygen atoms in total. The van der Waals surface area contributed by atoms with Gasteiger partial charge >= 0.3 is 0 Å². The van der Waals surface area contributed by atoms with E-state index in [0.29, 0.717) is 25.0 Å². The van der Waals surface area contributed by atoms with Crippen LogP contribution < -0.4 is 5.32 Å². The van der Waals surface area contributed by atoms with Gasteiger partial charge in [0.25, 0.3) is 0 Å². The number of benzene rings is 1. The van der Waals surface area contributed by atoms with Crippen molar-refractivity contribution in [3.8, 4) is 0 Å². The molecule has 3 fully saturated rings. The molecule has 4 rings (SSSR count). The molecule has 3 aliphatic rings. The highest BCUT2D eigenvalue weighted by Gasteiger charge is 2.40. The quantitative estimate of drug-likeness (QED) is 0.905. The number of nitrogens with zero attached hydrogens (tertiary/aromatic N) is 1. The van der Waals surface area contributed by atoms with Gasteiger partial charge in [0.1, 0.15) is 6.10 Å². The van der Waals surface area contributed by atoms with Gasteiger partial charge in [0.2, 0.25) is 5.91 Å². The van der Waals surface area contributed by atoms with Gasteiger partial charge in [-0.2, -0.15) is 0 Å². The SMILES string of the molecule is O=C(CNC1CC1)N1C[C@@H](c2ccccc2)O[C@@H](C2CC2)C1. The number of ether oxygens (including phenoxy) is 1. The van der Waals surface area contributed by atoms with E-state index < -0.39 is 0 Å². The van der Waals surface area contributed by atoms with Crippen molar-refractivity contribution in [2.45, 2.75) is 43.9 Å². The van der Waals surface area contributed by atoms with Gasteiger partial charge in [0.05, 0.1) is 19.2 Å². The third-order valence-electron chi connectivity index (χ3n) is 4.92. The van der Waals surface area contributed by atoms with E-state index in [4.69, 9.17) is 4.74 Å². The number of rotatable bonds is 5. The Hall–Kier alpha value is -1.39. The van der Waals surface area contributed by atoms with Gasteiger partial charge in [-0.3, -0.25) is 4.79 Å². The molecule has 22 heavy (non-hydrogen) atoms. The summed E-state index contributed by atoms with van der Waals surface area (Å²) in [7, 11) is 0. The largest absolute Gasteiger partial charge is 0.366 e. The third kappa shape index (κ3) is 3.33. The lowest BCUT2D eigenvalue weighted by atomic mass is 10.0. The maximum atomic E-state index is 12.5. The molecule has 2 saturated carbocycles. The topological polar surface area (TPSA) is 41.6 Å². The average Bonchev–Trinajstić information content (AvgIpc) is 3.46. The van der Waals surface area contributed by atoms with E-state index in [2.05, 4.69) is 17.4 Å². The molecule has 0 unspecified atom stereocenters. The normalized spacial score (nSPS) is 28.6. The van der Waals surface area contributed by atoms with Crippen molar-refractivity contribution < 1.29 is 9.53 Å². The summed E-state index contributed by atoms with van der Waals surface area (Å²) in [6.07, 6.45) is 5.15. The minimum atomic E-state index is 0.0189. The number of amides is 1. The van der Waals surface area contributed by atoms with Crippen LogP contribution in [0.5, 0.6) is 0 Å². The second kappa shape index (κ2) is 6.01. The molecule has 2 aliphatic carbocycles. The van der Waals surface area contributed by atoms with E-state index in [0.717, 1.165) is 6.54 Å². The molecule has 1 aromatic carbocycles. The van der Waals surface area contributed by atoms with E-state index in [1.54, 1.807) is 0 Å². The van der Waals surface area contributed by atoms with Gasteiger partial charge in [-0.1, -0.05) is 30.3 Å². The van der Waals surface area contributed by atoms with Crippen molar-refractivity contribution in [1.29, 1.82) is 0 Å². The van der Waals surface area contributed by atoms with Crippen LogP contribution in [0, 0.1) is 5.92 Å². The maximum absolute atomic E-state index is 12.5. The van der Waals surface area contributed by atoms with Crippen LogP contribution in [0.4, 0.5) is 0 Å². The first kappa shape index (κ1) is 14.2. The zero-order valence-electron chi connectivity index (χ0n) is 12.9. The molecule has 1 aliphatic heterocycles. The highest BCUT2D eigenvalue weighted by Crippen LogP contribution is 2.39. The van der Waals surface area contributed by atoms with E-state index in [-0.39, 0.29) is 18.1 Å². The fourth-order valence-electron chi connectivity index (χ4n) is 3.20. The zero-order chi connectivity index (χ0) is 14.9. The predicted molar refractivity (Wildman–Crippen MR) is 84.4 cm³/mol. The number of morpholine rings is 1. The van der Waals surface area contributed by atoms with Crippen LogP contribution in [0.2, 0.25) is 0 Å². The smallest absolute Gasteiger partial charge is 0.236 e. The van der Waals surface area contributed by atoms with Gasteiger partial charge < -0.3 is 15.0 Å². The minimum absolute atomic E-state index is 0.0189. The average molecular weight is 300 g/mol. The third-order valence-corrected chi connectivity index (χ3v) is 4.92. The molecule has 0 aromatic heterocycles. The first-order chi connectivity index (χ1) is 10.8. The molecular weight excluding hydrogens is 276 g/mol. The van der Waals surface area contributed by atoms with Crippen LogP contribution in [0.1, 0.15) is 37.4 Å². The van der Waals surface area contributed by atoms with Crippen molar-refractivity contribution in [2.24, 2.45) is 5.92 Å². The molecule has 1 heterocycles. The summed E-state index contributed by atoms with van der Waals surface area (Å²) in [4.78, 5) is 14.5. The van der Waals surface area contributed by atoms with Crippen molar-refractivity contribution in [2.75, 3.05) is 19.6 Å². The minimum Gasteiger partial charge on any atom is -0.366 e. The van der Waals surface area contributed by atoms with Crippen molar-refractivity contribution >= 4 is 5.91 Å².